The normalized spacial score (nSPS) is 10.9. The maximum Gasteiger partial charge on any atom is 0.220 e. The Balaban J connectivity index is 1.38. The van der Waals surface area contributed by atoms with E-state index in [2.05, 4.69) is 25.3 Å². The van der Waals surface area contributed by atoms with Gasteiger partial charge in [-0.15, -0.1) is 0 Å². The number of amides is 1. The van der Waals surface area contributed by atoms with Crippen molar-refractivity contribution in [2.45, 2.75) is 25.8 Å². The highest BCUT2D eigenvalue weighted by Gasteiger charge is 2.06. The second-order valence-corrected chi connectivity index (χ2v) is 5.06. The van der Waals surface area contributed by atoms with E-state index in [4.69, 9.17) is 0 Å². The first-order chi connectivity index (χ1) is 10.8. The van der Waals surface area contributed by atoms with Crippen molar-refractivity contribution in [2.24, 2.45) is 0 Å². The Bertz CT molecular complexity index is 700. The van der Waals surface area contributed by atoms with Gasteiger partial charge in [0.25, 0.3) is 0 Å². The lowest BCUT2D eigenvalue weighted by atomic mass is 10.3. The summed E-state index contributed by atoms with van der Waals surface area (Å²) in [5.74, 6) is 0.835. The molecule has 114 valence electrons. The van der Waals surface area contributed by atoms with E-state index < -0.39 is 0 Å². The molecule has 3 heterocycles. The molecule has 0 saturated heterocycles. The van der Waals surface area contributed by atoms with E-state index in [-0.39, 0.29) is 5.91 Å². The average molecular weight is 298 g/mol. The molecule has 0 atom stereocenters. The highest BCUT2D eigenvalue weighted by Crippen LogP contribution is 2.08. The predicted molar refractivity (Wildman–Crippen MR) is 82.1 cm³/mol. The summed E-state index contributed by atoms with van der Waals surface area (Å²) in [6.07, 6.45) is 9.04. The molecule has 0 aliphatic heterocycles. The van der Waals surface area contributed by atoms with Gasteiger partial charge in [0.15, 0.2) is 5.65 Å². The zero-order valence-corrected chi connectivity index (χ0v) is 12.2. The Morgan fingerprint density at radius 3 is 3.14 bits per heavy atom. The molecule has 0 spiro atoms. The summed E-state index contributed by atoms with van der Waals surface area (Å²) >= 11 is 0. The molecule has 3 rings (SSSR count). The highest BCUT2D eigenvalue weighted by atomic mass is 16.1. The van der Waals surface area contributed by atoms with Crippen molar-refractivity contribution in [3.63, 3.8) is 0 Å². The molecule has 3 aromatic heterocycles. The number of H-pyrrole nitrogens is 1. The van der Waals surface area contributed by atoms with E-state index in [0.717, 1.165) is 24.3 Å². The fourth-order valence-corrected chi connectivity index (χ4v) is 2.24. The molecule has 0 bridgehead atoms. The zero-order chi connectivity index (χ0) is 15.2. The van der Waals surface area contributed by atoms with Crippen LogP contribution in [0.15, 0.2) is 37.1 Å². The number of aryl methyl sites for hydroxylation is 2. The van der Waals surface area contributed by atoms with Gasteiger partial charge in [0.05, 0.1) is 11.8 Å². The number of aromatic amines is 1. The fraction of sp³-hybridized carbons (Fsp3) is 0.333. The molecule has 22 heavy (non-hydrogen) atoms. The topological polar surface area (TPSA) is 88.5 Å². The van der Waals surface area contributed by atoms with Gasteiger partial charge in [-0.3, -0.25) is 4.79 Å². The summed E-state index contributed by atoms with van der Waals surface area (Å²) in [5.41, 5.74) is 1.59. The monoisotopic (exact) mass is 298 g/mol. The number of nitrogens with zero attached hydrogens (tertiary/aromatic N) is 4. The van der Waals surface area contributed by atoms with Gasteiger partial charge >= 0.3 is 0 Å². The number of imidazole rings is 2. The van der Waals surface area contributed by atoms with Crippen molar-refractivity contribution in [1.29, 1.82) is 0 Å². The van der Waals surface area contributed by atoms with Gasteiger partial charge in [-0.2, -0.15) is 0 Å². The molecular formula is C15H18N6O. The predicted octanol–water partition coefficient (Wildman–Crippen LogP) is 1.29. The first kappa shape index (κ1) is 14.2. The molecule has 0 aromatic carbocycles. The summed E-state index contributed by atoms with van der Waals surface area (Å²) in [7, 11) is 0. The maximum absolute atomic E-state index is 11.8. The van der Waals surface area contributed by atoms with Gasteiger partial charge in [-0.1, -0.05) is 0 Å². The number of nitrogens with one attached hydrogen (secondary N) is 2. The summed E-state index contributed by atoms with van der Waals surface area (Å²) in [6, 6.07) is 3.78. The molecule has 7 heteroatoms. The van der Waals surface area contributed by atoms with Gasteiger partial charge in [-0.25, -0.2) is 15.0 Å². The van der Waals surface area contributed by atoms with Gasteiger partial charge in [0, 0.05) is 44.5 Å². The van der Waals surface area contributed by atoms with Crippen molar-refractivity contribution >= 4 is 17.1 Å². The number of carbonyl (C=O) groups is 1. The van der Waals surface area contributed by atoms with Crippen LogP contribution in [0, 0.1) is 0 Å². The third kappa shape index (κ3) is 3.69. The maximum atomic E-state index is 11.8. The minimum Gasteiger partial charge on any atom is -0.356 e. The fourth-order valence-electron chi connectivity index (χ4n) is 2.24. The molecule has 3 aromatic rings. The Morgan fingerprint density at radius 2 is 2.32 bits per heavy atom. The van der Waals surface area contributed by atoms with Gasteiger partial charge in [-0.05, 0) is 18.6 Å². The van der Waals surface area contributed by atoms with Crippen LogP contribution in [-0.4, -0.2) is 37.0 Å². The molecular weight excluding hydrogens is 280 g/mol. The van der Waals surface area contributed by atoms with Crippen LogP contribution >= 0.6 is 0 Å². The first-order valence-corrected chi connectivity index (χ1v) is 7.33. The van der Waals surface area contributed by atoms with Gasteiger partial charge in [0.2, 0.25) is 5.91 Å². The van der Waals surface area contributed by atoms with Crippen LogP contribution in [0.1, 0.15) is 18.7 Å². The van der Waals surface area contributed by atoms with Crippen LogP contribution in [0.2, 0.25) is 0 Å². The largest absolute Gasteiger partial charge is 0.356 e. The SMILES string of the molecule is O=C(CCc1nc2ncccc2[nH]1)NCCCn1ccnc1. The number of hydrogen-bond acceptors (Lipinski definition) is 4. The minimum absolute atomic E-state index is 0.0408. The van der Waals surface area contributed by atoms with Crippen LogP contribution < -0.4 is 5.32 Å². The van der Waals surface area contributed by atoms with Crippen molar-refractivity contribution in [3.05, 3.63) is 42.9 Å². The third-order valence-corrected chi connectivity index (χ3v) is 3.37. The van der Waals surface area contributed by atoms with E-state index in [1.807, 2.05) is 22.9 Å². The van der Waals surface area contributed by atoms with Crippen LogP contribution in [0.25, 0.3) is 11.2 Å². The van der Waals surface area contributed by atoms with Gasteiger partial charge < -0.3 is 14.9 Å². The molecule has 7 nitrogen and oxygen atoms in total. The number of fused-ring (bicyclic) bond motifs is 1. The van der Waals surface area contributed by atoms with Crippen LogP contribution in [-0.2, 0) is 17.8 Å². The third-order valence-electron chi connectivity index (χ3n) is 3.37. The molecule has 0 aliphatic carbocycles. The lowest BCUT2D eigenvalue weighted by Gasteiger charge is -2.05. The molecule has 0 saturated carbocycles. The van der Waals surface area contributed by atoms with E-state index in [9.17, 15) is 4.79 Å². The van der Waals surface area contributed by atoms with E-state index in [1.54, 1.807) is 18.7 Å². The lowest BCUT2D eigenvalue weighted by molar-refractivity contribution is -0.121. The smallest absolute Gasteiger partial charge is 0.220 e. The number of aromatic nitrogens is 5. The minimum atomic E-state index is 0.0408. The summed E-state index contributed by atoms with van der Waals surface area (Å²) < 4.78 is 1.99. The number of rotatable bonds is 7. The van der Waals surface area contributed by atoms with Crippen molar-refractivity contribution in [2.75, 3.05) is 6.54 Å². The molecule has 2 N–H and O–H groups in total. The highest BCUT2D eigenvalue weighted by molar-refractivity contribution is 5.76. The molecule has 1 amide bonds. The van der Waals surface area contributed by atoms with Crippen molar-refractivity contribution in [1.82, 2.24) is 29.8 Å². The van der Waals surface area contributed by atoms with E-state index in [0.29, 0.717) is 25.0 Å². The van der Waals surface area contributed by atoms with Crippen LogP contribution in [0.4, 0.5) is 0 Å². The first-order valence-electron chi connectivity index (χ1n) is 7.33. The Hall–Kier alpha value is -2.70. The summed E-state index contributed by atoms with van der Waals surface area (Å²) in [5, 5.41) is 2.92. The van der Waals surface area contributed by atoms with Gasteiger partial charge in [0.1, 0.15) is 5.82 Å². The average Bonchev–Trinajstić information content (AvgIpc) is 3.18. The lowest BCUT2D eigenvalue weighted by Crippen LogP contribution is -2.25. The van der Waals surface area contributed by atoms with Crippen molar-refractivity contribution in [3.8, 4) is 0 Å². The van der Waals surface area contributed by atoms with Crippen LogP contribution in [0.5, 0.6) is 0 Å². The summed E-state index contributed by atoms with van der Waals surface area (Å²) in [6.45, 7) is 1.52. The number of pyridine rings is 1. The molecule has 0 radical (unpaired) electrons. The second kappa shape index (κ2) is 6.84. The Morgan fingerprint density at radius 1 is 1.36 bits per heavy atom. The molecule has 0 unspecified atom stereocenters. The standard InChI is InChI=1S/C15H18N6O/c22-14(17-7-2-9-21-10-8-16-11-21)5-4-13-19-12-3-1-6-18-15(12)20-13/h1,3,6,8,10-11H,2,4-5,7,9H2,(H,17,22)(H,18,19,20). The molecule has 0 fully saturated rings. The Kier molecular flexibility index (Phi) is 4.43. The van der Waals surface area contributed by atoms with Crippen LogP contribution in [0.3, 0.4) is 0 Å². The van der Waals surface area contributed by atoms with Crippen molar-refractivity contribution < 1.29 is 4.79 Å². The number of hydrogen-bond donors (Lipinski definition) is 2. The molecule has 0 aliphatic rings. The summed E-state index contributed by atoms with van der Waals surface area (Å²) in [4.78, 5) is 27.5. The van der Waals surface area contributed by atoms with E-state index >= 15 is 0 Å². The van der Waals surface area contributed by atoms with E-state index in [1.165, 1.54) is 0 Å². The Labute approximate surface area is 127 Å². The zero-order valence-electron chi connectivity index (χ0n) is 12.2. The number of carbonyl (C=O) groups excluding carboxylic acids is 1. The quantitative estimate of drug-likeness (QED) is 0.643. The second-order valence-electron chi connectivity index (χ2n) is 5.06.